The minimum Gasteiger partial charge on any atom is -0.404 e. The van der Waals surface area contributed by atoms with E-state index in [1.165, 1.54) is 16.0 Å². The monoisotopic (exact) mass is 372 g/mol. The largest absolute Gasteiger partial charge is 0.404 e. The van der Waals surface area contributed by atoms with Gasteiger partial charge in [-0.1, -0.05) is 87.5 Å². The van der Waals surface area contributed by atoms with Crippen LogP contribution in [0.25, 0.3) is 0 Å². The maximum atomic E-state index is 6.85. The summed E-state index contributed by atoms with van der Waals surface area (Å²) in [5.41, 5.74) is 2.75. The Hall–Kier alpha value is -1.03. The number of hydrogen-bond acceptors (Lipinski definition) is 2. The maximum Gasteiger partial charge on any atom is 0.193 e. The molecule has 0 N–H and O–H groups in total. The van der Waals surface area contributed by atoms with Gasteiger partial charge in [-0.25, -0.2) is 0 Å². The van der Waals surface area contributed by atoms with Crippen LogP contribution in [0.15, 0.2) is 59.5 Å². The number of benzene rings is 2. The summed E-state index contributed by atoms with van der Waals surface area (Å²) in [5, 5.41) is 0.204. The molecule has 2 aromatic carbocycles. The number of aryl methyl sites for hydroxylation is 1. The van der Waals surface area contributed by atoms with E-state index in [1.807, 2.05) is 11.8 Å². The predicted molar refractivity (Wildman–Crippen MR) is 114 cm³/mol. The molecule has 0 heterocycles. The van der Waals surface area contributed by atoms with Crippen LogP contribution in [0.4, 0.5) is 0 Å². The molecule has 0 aromatic heterocycles. The van der Waals surface area contributed by atoms with E-state index in [2.05, 4.69) is 102 Å². The van der Waals surface area contributed by atoms with Gasteiger partial charge in [-0.05, 0) is 42.8 Å². The highest BCUT2D eigenvalue weighted by atomic mass is 32.2. The van der Waals surface area contributed by atoms with Gasteiger partial charge >= 0.3 is 0 Å². The average Bonchev–Trinajstić information content (AvgIpc) is 2.55. The molecule has 0 aliphatic heterocycles. The van der Waals surface area contributed by atoms with E-state index in [-0.39, 0.29) is 10.5 Å². The summed E-state index contributed by atoms with van der Waals surface area (Å²) in [6, 6.07) is 19.5. The topological polar surface area (TPSA) is 9.23 Å². The van der Waals surface area contributed by atoms with Gasteiger partial charge in [0, 0.05) is 10.8 Å². The van der Waals surface area contributed by atoms with E-state index < -0.39 is 8.32 Å². The Balaban J connectivity index is 2.29. The summed E-state index contributed by atoms with van der Waals surface area (Å²) in [4.78, 5) is 1.28. The van der Waals surface area contributed by atoms with Gasteiger partial charge in [0.25, 0.3) is 0 Å². The van der Waals surface area contributed by atoms with E-state index in [9.17, 15) is 0 Å². The first-order chi connectivity index (χ1) is 11.6. The fourth-order valence-electron chi connectivity index (χ4n) is 2.36. The van der Waals surface area contributed by atoms with Gasteiger partial charge in [-0.15, -0.1) is 0 Å². The van der Waals surface area contributed by atoms with E-state index >= 15 is 0 Å². The minimum absolute atomic E-state index is 0.117. The van der Waals surface area contributed by atoms with Gasteiger partial charge in [0.15, 0.2) is 8.32 Å². The van der Waals surface area contributed by atoms with Crippen LogP contribution in [0.2, 0.25) is 18.1 Å². The maximum absolute atomic E-state index is 6.85. The fraction of sp³-hybridized carbons (Fsp3) is 0.455. The van der Waals surface area contributed by atoms with Crippen LogP contribution in [-0.2, 0) is 4.43 Å². The first kappa shape index (κ1) is 20.3. The summed E-state index contributed by atoms with van der Waals surface area (Å²) < 4.78 is 6.85. The molecule has 0 amide bonds. The van der Waals surface area contributed by atoms with Crippen LogP contribution < -0.4 is 0 Å². The second-order valence-electron chi connectivity index (χ2n) is 8.38. The summed E-state index contributed by atoms with van der Waals surface area (Å²) in [6.07, 6.45) is 0. The SMILES string of the molecule is Cc1ccc(S[C@H](O[Si](C)(C)C(C)(C)C)[C@@H](C)c2ccccc2)cc1. The van der Waals surface area contributed by atoms with Crippen molar-refractivity contribution < 1.29 is 4.43 Å². The third-order valence-electron chi connectivity index (χ3n) is 5.22. The molecular weight excluding hydrogens is 340 g/mol. The van der Waals surface area contributed by atoms with Crippen LogP contribution in [0.3, 0.4) is 0 Å². The van der Waals surface area contributed by atoms with Crippen LogP contribution in [-0.4, -0.2) is 13.8 Å². The number of rotatable bonds is 6. The first-order valence-electron chi connectivity index (χ1n) is 9.06. The normalized spacial score (nSPS) is 15.0. The molecule has 0 unspecified atom stereocenters. The highest BCUT2D eigenvalue weighted by Crippen LogP contribution is 2.43. The van der Waals surface area contributed by atoms with E-state index in [4.69, 9.17) is 4.43 Å². The van der Waals surface area contributed by atoms with Crippen LogP contribution in [0, 0.1) is 6.92 Å². The van der Waals surface area contributed by atoms with Crippen LogP contribution in [0.1, 0.15) is 44.7 Å². The van der Waals surface area contributed by atoms with Crippen molar-refractivity contribution in [3.8, 4) is 0 Å². The lowest BCUT2D eigenvalue weighted by Crippen LogP contribution is -2.44. The second kappa shape index (κ2) is 8.11. The quantitative estimate of drug-likeness (QED) is 0.300. The van der Waals surface area contributed by atoms with Crippen molar-refractivity contribution in [2.45, 2.75) is 69.0 Å². The summed E-state index contributed by atoms with van der Waals surface area (Å²) in [5.74, 6) is 0.335. The second-order valence-corrected chi connectivity index (χ2v) is 14.3. The van der Waals surface area contributed by atoms with Gasteiger partial charge in [-0.3, -0.25) is 0 Å². The van der Waals surface area contributed by atoms with Gasteiger partial charge in [0.1, 0.15) is 5.44 Å². The Kier molecular flexibility index (Phi) is 6.58. The molecule has 2 rings (SSSR count). The molecule has 0 radical (unpaired) electrons. The van der Waals surface area contributed by atoms with Crippen molar-refractivity contribution in [2.24, 2.45) is 0 Å². The zero-order valence-electron chi connectivity index (χ0n) is 16.7. The molecule has 2 aromatic rings. The van der Waals surface area contributed by atoms with E-state index in [0.717, 1.165) is 0 Å². The summed E-state index contributed by atoms with van der Waals surface area (Å²) >= 11 is 1.86. The minimum atomic E-state index is -1.85. The first-order valence-corrected chi connectivity index (χ1v) is 12.8. The molecule has 0 saturated carbocycles. The summed E-state index contributed by atoms with van der Waals surface area (Å²) in [7, 11) is -1.85. The van der Waals surface area contributed by atoms with E-state index in [0.29, 0.717) is 5.92 Å². The molecule has 136 valence electrons. The zero-order chi connectivity index (χ0) is 18.7. The Bertz CT molecular complexity index is 659. The fourth-order valence-corrected chi connectivity index (χ4v) is 5.34. The van der Waals surface area contributed by atoms with Crippen molar-refractivity contribution >= 4 is 20.1 Å². The van der Waals surface area contributed by atoms with Crippen molar-refractivity contribution in [1.82, 2.24) is 0 Å². The van der Waals surface area contributed by atoms with E-state index in [1.54, 1.807) is 0 Å². The van der Waals surface area contributed by atoms with Crippen molar-refractivity contribution in [2.75, 3.05) is 0 Å². The average molecular weight is 373 g/mol. The van der Waals surface area contributed by atoms with Gasteiger partial charge in [0.2, 0.25) is 0 Å². The van der Waals surface area contributed by atoms with Gasteiger partial charge in [0.05, 0.1) is 0 Å². The van der Waals surface area contributed by atoms with Gasteiger partial charge < -0.3 is 4.43 Å². The van der Waals surface area contributed by atoms with Crippen molar-refractivity contribution in [1.29, 1.82) is 0 Å². The van der Waals surface area contributed by atoms with Gasteiger partial charge in [-0.2, -0.15) is 0 Å². The van der Waals surface area contributed by atoms with Crippen LogP contribution >= 0.6 is 11.8 Å². The molecule has 0 spiro atoms. The molecule has 0 saturated heterocycles. The molecule has 3 heteroatoms. The number of thioether (sulfide) groups is 1. The molecule has 2 atom stereocenters. The lowest BCUT2D eigenvalue weighted by atomic mass is 10.0. The molecule has 1 nitrogen and oxygen atoms in total. The van der Waals surface area contributed by atoms with Crippen molar-refractivity contribution in [3.05, 3.63) is 65.7 Å². The highest BCUT2D eigenvalue weighted by molar-refractivity contribution is 7.99. The Morgan fingerprint density at radius 1 is 0.920 bits per heavy atom. The Morgan fingerprint density at radius 2 is 1.48 bits per heavy atom. The number of hydrogen-bond donors (Lipinski definition) is 0. The molecule has 0 bridgehead atoms. The Morgan fingerprint density at radius 3 is 2.00 bits per heavy atom. The molecule has 0 fully saturated rings. The third-order valence-corrected chi connectivity index (χ3v) is 11.1. The smallest absolute Gasteiger partial charge is 0.193 e. The zero-order valence-corrected chi connectivity index (χ0v) is 18.5. The standard InChI is InChI=1S/C22H32OSSi/c1-17-13-15-20(16-14-17)24-21(23-25(6,7)22(3,4)5)18(2)19-11-9-8-10-12-19/h8-16,18,21H,1-7H3/t18-,21-/m0/s1. The third kappa shape index (κ3) is 5.47. The molecular formula is C22H32OSSi. The lowest BCUT2D eigenvalue weighted by Gasteiger charge is -2.40. The van der Waals surface area contributed by atoms with Crippen LogP contribution in [0.5, 0.6) is 0 Å². The lowest BCUT2D eigenvalue weighted by molar-refractivity contribution is 0.237. The molecule has 0 aliphatic carbocycles. The highest BCUT2D eigenvalue weighted by Gasteiger charge is 2.40. The Labute approximate surface area is 159 Å². The predicted octanol–water partition coefficient (Wildman–Crippen LogP) is 7.24. The molecule has 0 aliphatic rings. The molecule has 25 heavy (non-hydrogen) atoms. The van der Waals surface area contributed by atoms with Crippen molar-refractivity contribution in [3.63, 3.8) is 0 Å². The summed E-state index contributed by atoms with van der Waals surface area (Å²) in [6.45, 7) is 16.0.